The number of nitrogen functional groups attached to an aromatic ring is 1. The van der Waals surface area contributed by atoms with Crippen LogP contribution in [0.4, 0.5) is 0 Å². The maximum absolute atomic E-state index is 12.1. The molecule has 2 aromatic rings. The van der Waals surface area contributed by atoms with Gasteiger partial charge in [-0.15, -0.1) is 0 Å². The fraction of sp³-hybridized carbons (Fsp3) is 0.154. The summed E-state index contributed by atoms with van der Waals surface area (Å²) >= 11 is 0. The van der Waals surface area contributed by atoms with Crippen LogP contribution in [0.1, 0.15) is 16.1 Å². The normalized spacial score (nSPS) is 11.3. The molecule has 21 heavy (non-hydrogen) atoms. The molecule has 0 aliphatic heterocycles. The minimum atomic E-state index is -3.65. The lowest BCUT2D eigenvalue weighted by Gasteiger charge is -2.04. The number of nitrogens with two attached hydrogens (primary N) is 1. The smallest absolute Gasteiger partial charge is 0.281 e. The van der Waals surface area contributed by atoms with E-state index in [0.29, 0.717) is 6.42 Å². The summed E-state index contributed by atoms with van der Waals surface area (Å²) in [4.78, 5) is 13.8. The van der Waals surface area contributed by atoms with Crippen molar-refractivity contribution in [2.45, 2.75) is 11.3 Å². The van der Waals surface area contributed by atoms with Crippen LogP contribution in [0.5, 0.6) is 0 Å². The predicted molar refractivity (Wildman–Crippen MR) is 77.8 cm³/mol. The number of H-pyrrole nitrogens is 1. The quantitative estimate of drug-likeness (QED) is 0.345. The molecule has 0 aliphatic rings. The number of carbonyl (C=O) groups is 1. The van der Waals surface area contributed by atoms with Gasteiger partial charge in [0, 0.05) is 12.7 Å². The molecule has 7 nitrogen and oxygen atoms in total. The summed E-state index contributed by atoms with van der Waals surface area (Å²) < 4.78 is 26.6. The van der Waals surface area contributed by atoms with Crippen LogP contribution in [-0.2, 0) is 16.4 Å². The molecule has 1 aromatic carbocycles. The Morgan fingerprint density at radius 1 is 1.24 bits per heavy atom. The Kier molecular flexibility index (Phi) is 4.73. The largest absolute Gasteiger partial charge is 0.356 e. The molecule has 1 amide bonds. The lowest BCUT2D eigenvalue weighted by molar-refractivity contribution is 0.0949. The van der Waals surface area contributed by atoms with Crippen LogP contribution in [0, 0.1) is 0 Å². The number of aromatic nitrogens is 1. The topological polar surface area (TPSA) is 117 Å². The van der Waals surface area contributed by atoms with Crippen molar-refractivity contribution < 1.29 is 13.2 Å². The predicted octanol–water partition coefficient (Wildman–Crippen LogP) is 0.139. The van der Waals surface area contributed by atoms with Gasteiger partial charge in [-0.05, 0) is 18.1 Å². The first-order valence-electron chi connectivity index (χ1n) is 6.26. The van der Waals surface area contributed by atoms with Gasteiger partial charge in [0.25, 0.3) is 5.91 Å². The third kappa shape index (κ3) is 3.91. The van der Waals surface area contributed by atoms with Crippen LogP contribution in [0.25, 0.3) is 0 Å². The molecule has 0 unspecified atom stereocenters. The molecule has 0 radical (unpaired) electrons. The number of carbonyl (C=O) groups excluding carboxylic acids is 1. The summed E-state index contributed by atoms with van der Waals surface area (Å²) in [6.45, 7) is 0.274. The van der Waals surface area contributed by atoms with Gasteiger partial charge in [-0.3, -0.25) is 10.2 Å². The Morgan fingerprint density at radius 2 is 1.95 bits per heavy atom. The maximum Gasteiger partial charge on any atom is 0.281 e. The molecule has 2 rings (SSSR count). The van der Waals surface area contributed by atoms with Crippen LogP contribution < -0.4 is 16.0 Å². The molecule has 112 valence electrons. The lowest BCUT2D eigenvalue weighted by Crippen LogP contribution is -2.30. The first kappa shape index (κ1) is 15.2. The monoisotopic (exact) mass is 308 g/mol. The van der Waals surface area contributed by atoms with Crippen LogP contribution in [-0.4, -0.2) is 25.9 Å². The molecule has 5 N–H and O–H groups in total. The van der Waals surface area contributed by atoms with Crippen LogP contribution in [0.3, 0.4) is 0 Å². The van der Waals surface area contributed by atoms with Gasteiger partial charge >= 0.3 is 0 Å². The third-order valence-electron chi connectivity index (χ3n) is 2.89. The van der Waals surface area contributed by atoms with E-state index in [9.17, 15) is 13.2 Å². The van der Waals surface area contributed by atoms with E-state index in [-0.39, 0.29) is 17.1 Å². The summed E-state index contributed by atoms with van der Waals surface area (Å²) in [5.74, 6) is 4.40. The van der Waals surface area contributed by atoms with Crippen molar-refractivity contribution in [3.05, 3.63) is 53.9 Å². The Balaban J connectivity index is 1.98. The fourth-order valence-corrected chi connectivity index (χ4v) is 2.82. The molecule has 0 bridgehead atoms. The molecular formula is C13H16N4O3S. The van der Waals surface area contributed by atoms with Gasteiger partial charge in [0.05, 0.1) is 0 Å². The maximum atomic E-state index is 12.1. The number of rotatable bonds is 6. The van der Waals surface area contributed by atoms with E-state index in [1.165, 1.54) is 12.3 Å². The van der Waals surface area contributed by atoms with E-state index in [1.54, 1.807) is 0 Å². The number of sulfonamides is 1. The highest BCUT2D eigenvalue weighted by molar-refractivity contribution is 7.89. The first-order valence-corrected chi connectivity index (χ1v) is 7.74. The van der Waals surface area contributed by atoms with Crippen molar-refractivity contribution in [1.82, 2.24) is 15.1 Å². The van der Waals surface area contributed by atoms with E-state index in [1.807, 2.05) is 35.8 Å². The first-order chi connectivity index (χ1) is 10.0. The molecule has 0 spiro atoms. The second kappa shape index (κ2) is 6.53. The van der Waals surface area contributed by atoms with E-state index in [0.717, 1.165) is 5.56 Å². The van der Waals surface area contributed by atoms with Gasteiger partial charge in [-0.2, -0.15) is 0 Å². The SMILES string of the molecule is NNC(=O)c1cc(S(=O)(=O)NCCc2ccccc2)c[nH]1. The minimum absolute atomic E-state index is 0.00541. The van der Waals surface area contributed by atoms with Crippen molar-refractivity contribution in [2.75, 3.05) is 6.54 Å². The van der Waals surface area contributed by atoms with Crippen molar-refractivity contribution >= 4 is 15.9 Å². The van der Waals surface area contributed by atoms with Crippen molar-refractivity contribution in [3.63, 3.8) is 0 Å². The second-order valence-corrected chi connectivity index (χ2v) is 6.12. The highest BCUT2D eigenvalue weighted by Crippen LogP contribution is 2.10. The van der Waals surface area contributed by atoms with Gasteiger partial charge in [-0.25, -0.2) is 19.0 Å². The van der Waals surface area contributed by atoms with Gasteiger partial charge in [0.2, 0.25) is 10.0 Å². The summed E-state index contributed by atoms with van der Waals surface area (Å²) in [6, 6.07) is 10.8. The van der Waals surface area contributed by atoms with Gasteiger partial charge in [0.1, 0.15) is 10.6 Å². The number of amides is 1. The molecule has 0 atom stereocenters. The van der Waals surface area contributed by atoms with Crippen LogP contribution in [0.2, 0.25) is 0 Å². The fourth-order valence-electron chi connectivity index (χ4n) is 1.80. The summed E-state index contributed by atoms with van der Waals surface area (Å²) in [6.07, 6.45) is 1.83. The molecule has 1 aromatic heterocycles. The van der Waals surface area contributed by atoms with Gasteiger partial charge < -0.3 is 4.98 Å². The van der Waals surface area contributed by atoms with E-state index in [4.69, 9.17) is 5.84 Å². The molecule has 0 saturated heterocycles. The molecule has 8 heteroatoms. The average Bonchev–Trinajstić information content (AvgIpc) is 2.98. The van der Waals surface area contributed by atoms with Gasteiger partial charge in [-0.1, -0.05) is 30.3 Å². The number of hydrogen-bond donors (Lipinski definition) is 4. The highest BCUT2D eigenvalue weighted by Gasteiger charge is 2.17. The van der Waals surface area contributed by atoms with Crippen molar-refractivity contribution in [3.8, 4) is 0 Å². The molecule has 0 aliphatic carbocycles. The van der Waals surface area contributed by atoms with E-state index in [2.05, 4.69) is 9.71 Å². The zero-order valence-electron chi connectivity index (χ0n) is 11.2. The Hall–Kier alpha value is -2.16. The third-order valence-corrected chi connectivity index (χ3v) is 4.33. The van der Waals surface area contributed by atoms with Crippen molar-refractivity contribution in [2.24, 2.45) is 5.84 Å². The van der Waals surface area contributed by atoms with E-state index >= 15 is 0 Å². The standard InChI is InChI=1S/C13H16N4O3S/c14-17-13(18)12-8-11(9-15-12)21(19,20)16-7-6-10-4-2-1-3-5-10/h1-5,8-9,15-16H,6-7,14H2,(H,17,18). The summed E-state index contributed by atoms with van der Waals surface area (Å²) in [7, 11) is -3.65. The van der Waals surface area contributed by atoms with Gasteiger partial charge in [0.15, 0.2) is 0 Å². The number of hydrogen-bond acceptors (Lipinski definition) is 4. The Labute approximate surface area is 122 Å². The molecule has 1 heterocycles. The minimum Gasteiger partial charge on any atom is -0.356 e. The van der Waals surface area contributed by atoms with E-state index < -0.39 is 15.9 Å². The second-order valence-electron chi connectivity index (χ2n) is 4.36. The number of nitrogens with one attached hydrogen (secondary N) is 3. The van der Waals surface area contributed by atoms with Crippen LogP contribution in [0.15, 0.2) is 47.5 Å². The number of hydrazine groups is 1. The zero-order valence-corrected chi connectivity index (χ0v) is 12.0. The molecule has 0 saturated carbocycles. The van der Waals surface area contributed by atoms with Crippen LogP contribution >= 0.6 is 0 Å². The zero-order chi connectivity index (χ0) is 15.3. The lowest BCUT2D eigenvalue weighted by atomic mass is 10.2. The molecular weight excluding hydrogens is 292 g/mol. The number of aromatic amines is 1. The Morgan fingerprint density at radius 3 is 2.62 bits per heavy atom. The summed E-state index contributed by atoms with van der Waals surface area (Å²) in [5, 5.41) is 0. The summed E-state index contributed by atoms with van der Waals surface area (Å²) in [5.41, 5.74) is 3.05. The van der Waals surface area contributed by atoms with Crippen molar-refractivity contribution in [1.29, 1.82) is 0 Å². The Bertz CT molecular complexity index is 710. The highest BCUT2D eigenvalue weighted by atomic mass is 32.2. The molecule has 0 fully saturated rings. The number of benzene rings is 1. The average molecular weight is 308 g/mol.